The van der Waals surface area contributed by atoms with Crippen molar-refractivity contribution in [3.8, 4) is 0 Å². The van der Waals surface area contributed by atoms with Crippen molar-refractivity contribution in [1.29, 1.82) is 0 Å². The van der Waals surface area contributed by atoms with Crippen LogP contribution < -0.4 is 11.1 Å². The Balaban J connectivity index is 1.99. The summed E-state index contributed by atoms with van der Waals surface area (Å²) in [5.41, 5.74) is 8.38. The van der Waals surface area contributed by atoms with E-state index in [1.165, 1.54) is 0 Å². The number of aromatic nitrogens is 2. The van der Waals surface area contributed by atoms with Gasteiger partial charge in [-0.25, -0.2) is 0 Å². The molecule has 1 amide bonds. The van der Waals surface area contributed by atoms with Gasteiger partial charge in [-0.15, -0.1) is 0 Å². The number of aryl methyl sites for hydroxylation is 2. The predicted molar refractivity (Wildman–Crippen MR) is 85.8 cm³/mol. The standard InChI is InChI=1S/C14H16Cl2N4O/c1-8-14(16)9(2)20(19-8)6-5-13(21)18-12-7-10(15)3-4-11(12)17/h3-4,7H,5-6,17H2,1-2H3,(H,18,21). The number of nitrogens with two attached hydrogens (primary N) is 1. The number of nitrogens with zero attached hydrogens (tertiary/aromatic N) is 2. The average molecular weight is 327 g/mol. The number of nitrogen functional groups attached to an aromatic ring is 1. The monoisotopic (exact) mass is 326 g/mol. The Hall–Kier alpha value is -1.72. The molecule has 0 spiro atoms. The maximum Gasteiger partial charge on any atom is 0.226 e. The van der Waals surface area contributed by atoms with Gasteiger partial charge in [-0.2, -0.15) is 5.10 Å². The van der Waals surface area contributed by atoms with Crippen molar-refractivity contribution in [1.82, 2.24) is 9.78 Å². The molecule has 0 aliphatic rings. The van der Waals surface area contributed by atoms with Crippen molar-refractivity contribution < 1.29 is 4.79 Å². The molecule has 21 heavy (non-hydrogen) atoms. The lowest BCUT2D eigenvalue weighted by atomic mass is 10.2. The fraction of sp³-hybridized carbons (Fsp3) is 0.286. The molecule has 0 radical (unpaired) electrons. The van der Waals surface area contributed by atoms with Gasteiger partial charge < -0.3 is 11.1 Å². The molecular weight excluding hydrogens is 311 g/mol. The topological polar surface area (TPSA) is 72.9 Å². The smallest absolute Gasteiger partial charge is 0.226 e. The van der Waals surface area contributed by atoms with E-state index in [-0.39, 0.29) is 12.3 Å². The minimum absolute atomic E-state index is 0.160. The van der Waals surface area contributed by atoms with Gasteiger partial charge in [-0.05, 0) is 32.0 Å². The number of rotatable bonds is 4. The molecule has 1 heterocycles. The molecule has 0 bridgehead atoms. The number of amides is 1. The molecule has 0 fully saturated rings. The third kappa shape index (κ3) is 3.68. The zero-order chi connectivity index (χ0) is 15.6. The Morgan fingerprint density at radius 3 is 2.71 bits per heavy atom. The molecule has 0 aliphatic heterocycles. The molecule has 5 nitrogen and oxygen atoms in total. The van der Waals surface area contributed by atoms with Crippen molar-refractivity contribution in [2.45, 2.75) is 26.8 Å². The number of hydrogen-bond donors (Lipinski definition) is 2. The Labute approximate surface area is 133 Å². The molecule has 1 aromatic heterocycles. The van der Waals surface area contributed by atoms with E-state index in [2.05, 4.69) is 10.4 Å². The van der Waals surface area contributed by atoms with Crippen LogP contribution in [-0.2, 0) is 11.3 Å². The molecule has 2 aromatic rings. The van der Waals surface area contributed by atoms with Gasteiger partial charge in [0.05, 0.1) is 34.3 Å². The number of hydrogen-bond acceptors (Lipinski definition) is 3. The Kier molecular flexibility index (Phi) is 4.75. The maximum absolute atomic E-state index is 12.0. The first-order valence-electron chi connectivity index (χ1n) is 6.43. The summed E-state index contributed by atoms with van der Waals surface area (Å²) in [6.07, 6.45) is 0.268. The highest BCUT2D eigenvalue weighted by atomic mass is 35.5. The third-order valence-electron chi connectivity index (χ3n) is 3.13. The number of halogens is 2. The van der Waals surface area contributed by atoms with Crippen LogP contribution >= 0.6 is 23.2 Å². The lowest BCUT2D eigenvalue weighted by molar-refractivity contribution is -0.116. The van der Waals surface area contributed by atoms with Crippen molar-refractivity contribution in [2.75, 3.05) is 11.1 Å². The van der Waals surface area contributed by atoms with E-state index in [0.29, 0.717) is 28.0 Å². The summed E-state index contributed by atoms with van der Waals surface area (Å²) in [5.74, 6) is -0.160. The van der Waals surface area contributed by atoms with Crippen LogP contribution in [0.1, 0.15) is 17.8 Å². The molecule has 0 saturated heterocycles. The third-order valence-corrected chi connectivity index (χ3v) is 3.92. The SMILES string of the molecule is Cc1nn(CCC(=O)Nc2cc(Cl)ccc2N)c(C)c1Cl. The van der Waals surface area contributed by atoms with Crippen LogP contribution in [0, 0.1) is 13.8 Å². The van der Waals surface area contributed by atoms with Crippen LogP contribution in [0.15, 0.2) is 18.2 Å². The highest BCUT2D eigenvalue weighted by molar-refractivity contribution is 6.31. The Morgan fingerprint density at radius 1 is 1.38 bits per heavy atom. The second kappa shape index (κ2) is 6.37. The molecule has 2 rings (SSSR count). The largest absolute Gasteiger partial charge is 0.397 e. The van der Waals surface area contributed by atoms with E-state index in [1.807, 2.05) is 13.8 Å². The van der Waals surface area contributed by atoms with Crippen LogP contribution in [0.3, 0.4) is 0 Å². The minimum atomic E-state index is -0.160. The number of carbonyl (C=O) groups excluding carboxylic acids is 1. The fourth-order valence-electron chi connectivity index (χ4n) is 1.95. The van der Waals surface area contributed by atoms with Crippen molar-refractivity contribution in [2.24, 2.45) is 0 Å². The normalized spacial score (nSPS) is 10.7. The van der Waals surface area contributed by atoms with E-state index < -0.39 is 0 Å². The predicted octanol–water partition coefficient (Wildman–Crippen LogP) is 3.42. The number of carbonyl (C=O) groups is 1. The van der Waals surface area contributed by atoms with Gasteiger partial charge >= 0.3 is 0 Å². The summed E-state index contributed by atoms with van der Waals surface area (Å²) in [5, 5.41) is 8.17. The van der Waals surface area contributed by atoms with E-state index in [9.17, 15) is 4.79 Å². The first-order chi connectivity index (χ1) is 9.88. The summed E-state index contributed by atoms with van der Waals surface area (Å²) in [7, 11) is 0. The van der Waals surface area contributed by atoms with Crippen LogP contribution in [0.5, 0.6) is 0 Å². The molecule has 0 atom stereocenters. The van der Waals surface area contributed by atoms with Gasteiger partial charge in [0.25, 0.3) is 0 Å². The highest BCUT2D eigenvalue weighted by Crippen LogP contribution is 2.23. The zero-order valence-corrected chi connectivity index (χ0v) is 13.3. The van der Waals surface area contributed by atoms with Gasteiger partial charge in [0.1, 0.15) is 0 Å². The van der Waals surface area contributed by atoms with E-state index in [4.69, 9.17) is 28.9 Å². The average Bonchev–Trinajstić information content (AvgIpc) is 2.68. The van der Waals surface area contributed by atoms with Crippen LogP contribution in [-0.4, -0.2) is 15.7 Å². The molecule has 112 valence electrons. The summed E-state index contributed by atoms with van der Waals surface area (Å²) < 4.78 is 1.72. The highest BCUT2D eigenvalue weighted by Gasteiger charge is 2.11. The fourth-order valence-corrected chi connectivity index (χ4v) is 2.26. The quantitative estimate of drug-likeness (QED) is 0.845. The lowest BCUT2D eigenvalue weighted by Crippen LogP contribution is -2.16. The molecule has 0 saturated carbocycles. The molecule has 3 N–H and O–H groups in total. The lowest BCUT2D eigenvalue weighted by Gasteiger charge is -2.09. The molecule has 1 aromatic carbocycles. The second-order valence-electron chi connectivity index (χ2n) is 4.74. The summed E-state index contributed by atoms with van der Waals surface area (Å²) >= 11 is 11.9. The molecule has 0 aliphatic carbocycles. The number of benzene rings is 1. The van der Waals surface area contributed by atoms with Gasteiger partial charge in [-0.1, -0.05) is 23.2 Å². The Bertz CT molecular complexity index is 682. The van der Waals surface area contributed by atoms with Crippen molar-refractivity contribution >= 4 is 40.5 Å². The van der Waals surface area contributed by atoms with Gasteiger partial charge in [-0.3, -0.25) is 9.48 Å². The summed E-state index contributed by atoms with van der Waals surface area (Å²) in [6, 6.07) is 4.94. The second-order valence-corrected chi connectivity index (χ2v) is 5.55. The van der Waals surface area contributed by atoms with Crippen molar-refractivity contribution in [3.05, 3.63) is 39.6 Å². The maximum atomic E-state index is 12.0. The minimum Gasteiger partial charge on any atom is -0.397 e. The van der Waals surface area contributed by atoms with Gasteiger partial charge in [0.15, 0.2) is 0 Å². The molecule has 7 heteroatoms. The molecular formula is C14H16Cl2N4O. The Morgan fingerprint density at radius 2 is 2.10 bits per heavy atom. The van der Waals surface area contributed by atoms with Gasteiger partial charge in [0, 0.05) is 11.4 Å². The van der Waals surface area contributed by atoms with Gasteiger partial charge in [0.2, 0.25) is 5.91 Å². The van der Waals surface area contributed by atoms with E-state index in [1.54, 1.807) is 22.9 Å². The number of nitrogens with one attached hydrogen (secondary N) is 1. The van der Waals surface area contributed by atoms with E-state index >= 15 is 0 Å². The van der Waals surface area contributed by atoms with Crippen LogP contribution in [0.2, 0.25) is 10.0 Å². The van der Waals surface area contributed by atoms with E-state index in [0.717, 1.165) is 11.4 Å². The first kappa shape index (κ1) is 15.7. The first-order valence-corrected chi connectivity index (χ1v) is 7.18. The summed E-state index contributed by atoms with van der Waals surface area (Å²) in [4.78, 5) is 12.0. The molecule has 0 unspecified atom stereocenters. The number of anilines is 2. The zero-order valence-electron chi connectivity index (χ0n) is 11.8. The van der Waals surface area contributed by atoms with Crippen LogP contribution in [0.25, 0.3) is 0 Å². The van der Waals surface area contributed by atoms with Crippen LogP contribution in [0.4, 0.5) is 11.4 Å². The summed E-state index contributed by atoms with van der Waals surface area (Å²) in [6.45, 7) is 4.15. The van der Waals surface area contributed by atoms with Crippen molar-refractivity contribution in [3.63, 3.8) is 0 Å².